The van der Waals surface area contributed by atoms with Gasteiger partial charge >= 0.3 is 5.97 Å². The van der Waals surface area contributed by atoms with Crippen molar-refractivity contribution < 1.29 is 27.3 Å². The van der Waals surface area contributed by atoms with Gasteiger partial charge < -0.3 is 15.4 Å². The van der Waals surface area contributed by atoms with E-state index in [4.69, 9.17) is 55.1 Å². The minimum atomic E-state index is -4.02. The summed E-state index contributed by atoms with van der Waals surface area (Å²) in [6.07, 6.45) is 0. The number of halogens is 3. The van der Waals surface area contributed by atoms with Crippen molar-refractivity contribution in [2.75, 3.05) is 12.4 Å². The number of aryl methyl sites for hydroxylation is 1. The van der Waals surface area contributed by atoms with E-state index in [9.17, 15) is 18.0 Å². The largest absolute Gasteiger partial charge is 0.460 e. The van der Waals surface area contributed by atoms with E-state index in [-0.39, 0.29) is 16.2 Å². The van der Waals surface area contributed by atoms with Gasteiger partial charge in [-0.1, -0.05) is 52.5 Å². The summed E-state index contributed by atoms with van der Waals surface area (Å²) >= 11 is 19.1. The number of nitriles is 1. The summed E-state index contributed by atoms with van der Waals surface area (Å²) < 4.78 is 32.2. The molecule has 15 heteroatoms. The molecule has 0 bridgehead atoms. The van der Waals surface area contributed by atoms with Crippen LogP contribution >= 0.6 is 58.3 Å². The molecule has 0 spiro atoms. The number of hydrogen-bond acceptors (Lipinski definition) is 9. The molecule has 3 rings (SSSR count). The van der Waals surface area contributed by atoms with Gasteiger partial charge in [0, 0.05) is 5.75 Å². The molecule has 4 atom stereocenters. The van der Waals surface area contributed by atoms with Gasteiger partial charge in [0.2, 0.25) is 9.70 Å². The fourth-order valence-electron chi connectivity index (χ4n) is 3.14. The molecule has 2 heterocycles. The first-order valence-corrected chi connectivity index (χ1v) is 13.6. The first kappa shape index (κ1) is 28.3. The van der Waals surface area contributed by atoms with Crippen LogP contribution in [0.4, 0.5) is 0 Å². The maximum atomic E-state index is 12.4. The number of thioether (sulfide) groups is 2. The number of rotatable bonds is 5. The number of nitrogens with zero attached hydrogens (tertiary/aromatic N) is 2. The molecule has 2 fully saturated rings. The maximum absolute atomic E-state index is 12.4. The fourth-order valence-corrected chi connectivity index (χ4v) is 6.24. The molecule has 1 aromatic carbocycles. The SMILES string of the molecule is CC1(CSC#N)S[C@H]2C(N)C(=O)N2C1C(=O)OCC(Cl)(Cl)Cl.Cc1ccc(S(=O)(=O)O)cc1. The number of alkyl halides is 3. The highest BCUT2D eigenvalue weighted by Crippen LogP contribution is 2.52. The number of carbonyl (C=O) groups excluding carboxylic acids is 2. The highest BCUT2D eigenvalue weighted by atomic mass is 35.6. The average Bonchev–Trinajstić information content (AvgIpc) is 3.00. The van der Waals surface area contributed by atoms with Crippen molar-refractivity contribution in [1.29, 1.82) is 5.26 Å². The third kappa shape index (κ3) is 7.05. The third-order valence-electron chi connectivity index (χ3n) is 4.71. The Balaban J connectivity index is 0.000000294. The summed E-state index contributed by atoms with van der Waals surface area (Å²) in [5.74, 6) is -0.643. The average molecular weight is 577 g/mol. The Hall–Kier alpha value is -0.910. The Bertz CT molecular complexity index is 1050. The lowest BCUT2D eigenvalue weighted by molar-refractivity contribution is -0.162. The number of fused-ring (bicyclic) bond motifs is 1. The van der Waals surface area contributed by atoms with Crippen LogP contribution in [0, 0.1) is 17.6 Å². The van der Waals surface area contributed by atoms with E-state index >= 15 is 0 Å². The van der Waals surface area contributed by atoms with Crippen LogP contribution in [0.5, 0.6) is 0 Å². The van der Waals surface area contributed by atoms with Crippen molar-refractivity contribution in [3.63, 3.8) is 0 Å². The Morgan fingerprint density at radius 3 is 2.45 bits per heavy atom. The Labute approximate surface area is 215 Å². The van der Waals surface area contributed by atoms with Gasteiger partial charge in [-0.25, -0.2) is 4.79 Å². The van der Waals surface area contributed by atoms with Gasteiger partial charge in [0.05, 0.1) is 9.64 Å². The van der Waals surface area contributed by atoms with Gasteiger partial charge in [-0.05, 0) is 37.7 Å². The molecule has 0 aromatic heterocycles. The van der Waals surface area contributed by atoms with Crippen molar-refractivity contribution in [3.05, 3.63) is 29.8 Å². The number of nitrogens with two attached hydrogens (primary N) is 1. The third-order valence-corrected chi connectivity index (χ3v) is 8.63. The zero-order valence-corrected chi connectivity index (χ0v) is 22.0. The summed E-state index contributed by atoms with van der Waals surface area (Å²) in [4.78, 5) is 25.7. The van der Waals surface area contributed by atoms with Gasteiger partial charge in [0.1, 0.15) is 29.5 Å². The summed E-state index contributed by atoms with van der Waals surface area (Å²) in [6, 6.07) is 4.48. The topological polar surface area (TPSA) is 151 Å². The quantitative estimate of drug-likeness (QED) is 0.176. The first-order valence-electron chi connectivity index (χ1n) is 9.15. The van der Waals surface area contributed by atoms with E-state index in [1.54, 1.807) is 19.1 Å². The summed E-state index contributed by atoms with van der Waals surface area (Å²) in [5, 5.41) is 10.4. The maximum Gasteiger partial charge on any atom is 0.330 e. The molecular weight excluding hydrogens is 557 g/mol. The molecule has 1 aromatic rings. The summed E-state index contributed by atoms with van der Waals surface area (Å²) in [6.45, 7) is 3.22. The van der Waals surface area contributed by atoms with E-state index in [0.717, 1.165) is 17.3 Å². The standard InChI is InChI=1S/C11H12Cl3N3O3S2.C7H8O3S/c1-10(3-21-4-15)6(9(19)20-2-11(12,13)14)17-7(18)5(16)8(17)22-10;1-6-2-4-7(5-3-6)11(8,9)10/h5-6,8H,2-3,16H2,1H3;2-5H,1H3,(H,8,9,10)/t5?,6?,8-,10?;/m0./s1. The smallest absolute Gasteiger partial charge is 0.330 e. The van der Waals surface area contributed by atoms with E-state index in [1.807, 2.05) is 12.3 Å². The van der Waals surface area contributed by atoms with Crippen molar-refractivity contribution in [1.82, 2.24) is 4.90 Å². The van der Waals surface area contributed by atoms with Crippen molar-refractivity contribution >= 4 is 80.3 Å². The lowest BCUT2D eigenvalue weighted by Gasteiger charge is -2.42. The summed E-state index contributed by atoms with van der Waals surface area (Å²) in [5.41, 5.74) is 6.72. The minimum absolute atomic E-state index is 0.0666. The molecular formula is C18H20Cl3N3O6S3. The Morgan fingerprint density at radius 1 is 1.39 bits per heavy atom. The molecule has 182 valence electrons. The monoisotopic (exact) mass is 575 g/mol. The zero-order chi connectivity index (χ0) is 25.2. The van der Waals surface area contributed by atoms with Crippen LogP contribution in [0.25, 0.3) is 0 Å². The lowest BCUT2D eigenvalue weighted by atomic mass is 9.96. The highest BCUT2D eigenvalue weighted by Gasteiger charge is 2.64. The molecule has 2 aliphatic rings. The molecule has 0 radical (unpaired) electrons. The van der Waals surface area contributed by atoms with Gasteiger partial charge in [-0.15, -0.1) is 11.8 Å². The predicted molar refractivity (Wildman–Crippen MR) is 129 cm³/mol. The van der Waals surface area contributed by atoms with Gasteiger partial charge in [0.15, 0.2) is 0 Å². The molecule has 1 amide bonds. The van der Waals surface area contributed by atoms with Crippen LogP contribution in [0.15, 0.2) is 29.2 Å². The molecule has 3 unspecified atom stereocenters. The van der Waals surface area contributed by atoms with Crippen molar-refractivity contribution in [3.8, 4) is 5.40 Å². The number of β-lactam (4-membered cyclic amide) rings is 1. The molecule has 9 nitrogen and oxygen atoms in total. The van der Waals surface area contributed by atoms with Crippen LogP contribution < -0.4 is 5.73 Å². The zero-order valence-electron chi connectivity index (χ0n) is 17.3. The normalized spacial score (nSPS) is 26.4. The van der Waals surface area contributed by atoms with Gasteiger partial charge in [0.25, 0.3) is 10.1 Å². The Morgan fingerprint density at radius 2 is 1.97 bits per heavy atom. The van der Waals surface area contributed by atoms with Crippen LogP contribution in [-0.2, 0) is 24.4 Å². The summed E-state index contributed by atoms with van der Waals surface area (Å²) in [7, 11) is -4.02. The number of thiocyanates is 1. The van der Waals surface area contributed by atoms with E-state index in [1.165, 1.54) is 28.8 Å². The second-order valence-corrected chi connectivity index (χ2v) is 13.7. The number of carbonyl (C=O) groups is 2. The van der Waals surface area contributed by atoms with E-state index in [0.29, 0.717) is 5.75 Å². The minimum Gasteiger partial charge on any atom is -0.460 e. The lowest BCUT2D eigenvalue weighted by Crippen LogP contribution is -2.69. The van der Waals surface area contributed by atoms with Gasteiger partial charge in [-0.2, -0.15) is 13.7 Å². The number of benzene rings is 1. The van der Waals surface area contributed by atoms with Crippen molar-refractivity contribution in [2.45, 2.75) is 44.7 Å². The van der Waals surface area contributed by atoms with E-state index < -0.39 is 43.3 Å². The number of ether oxygens (including phenoxy) is 1. The second kappa shape index (κ2) is 10.8. The van der Waals surface area contributed by atoms with Crippen LogP contribution in [0.3, 0.4) is 0 Å². The molecule has 2 aliphatic heterocycles. The first-order chi connectivity index (χ1) is 15.1. The molecule has 3 N–H and O–H groups in total. The van der Waals surface area contributed by atoms with Crippen LogP contribution in [0.2, 0.25) is 0 Å². The van der Waals surface area contributed by atoms with E-state index in [2.05, 4.69) is 0 Å². The molecule has 0 saturated carbocycles. The highest BCUT2D eigenvalue weighted by molar-refractivity contribution is 8.06. The predicted octanol–water partition coefficient (Wildman–Crippen LogP) is 2.73. The van der Waals surface area contributed by atoms with Gasteiger partial charge in [-0.3, -0.25) is 9.35 Å². The number of esters is 1. The fraction of sp³-hybridized carbons (Fsp3) is 0.500. The molecule has 2 saturated heterocycles. The molecule has 0 aliphatic carbocycles. The number of hydrogen-bond donors (Lipinski definition) is 2. The van der Waals surface area contributed by atoms with Crippen LogP contribution in [-0.4, -0.2) is 68.1 Å². The van der Waals surface area contributed by atoms with Crippen molar-refractivity contribution in [2.24, 2.45) is 5.73 Å². The Kier molecular flexibility index (Phi) is 9.26. The second-order valence-electron chi connectivity index (χ2n) is 7.39. The molecule has 33 heavy (non-hydrogen) atoms. The van der Waals surface area contributed by atoms with Crippen LogP contribution in [0.1, 0.15) is 12.5 Å². The number of amides is 1.